The fourth-order valence-electron chi connectivity index (χ4n) is 2.69. The number of anilines is 1. The number of carbonyl (C=O) groups excluding carboxylic acids is 1. The smallest absolute Gasteiger partial charge is 0.245 e. The molecule has 0 saturated carbocycles. The molecule has 11 heteroatoms. The highest BCUT2D eigenvalue weighted by Gasteiger charge is 2.30. The molecule has 0 aliphatic carbocycles. The van der Waals surface area contributed by atoms with Gasteiger partial charge in [0.2, 0.25) is 15.9 Å². The Kier molecular flexibility index (Phi) is 8.37. The van der Waals surface area contributed by atoms with Crippen molar-refractivity contribution in [3.05, 3.63) is 56.5 Å². The number of carbonyl (C=O) groups is 1. The number of thiazole rings is 1. The summed E-state index contributed by atoms with van der Waals surface area (Å²) in [5, 5.41) is 1.08. The van der Waals surface area contributed by atoms with Gasteiger partial charge in [0.25, 0.3) is 0 Å². The van der Waals surface area contributed by atoms with Gasteiger partial charge in [0.15, 0.2) is 5.13 Å². The van der Waals surface area contributed by atoms with Gasteiger partial charge >= 0.3 is 0 Å². The van der Waals surface area contributed by atoms with Crippen LogP contribution in [-0.4, -0.2) is 37.3 Å². The van der Waals surface area contributed by atoms with Crippen LogP contribution in [0.2, 0.25) is 15.1 Å². The molecule has 29 heavy (non-hydrogen) atoms. The highest BCUT2D eigenvalue weighted by Crippen LogP contribution is 2.38. The van der Waals surface area contributed by atoms with Crippen molar-refractivity contribution in [2.45, 2.75) is 25.5 Å². The van der Waals surface area contributed by atoms with Gasteiger partial charge in [-0.2, -0.15) is 0 Å². The van der Waals surface area contributed by atoms with Gasteiger partial charge in [-0.1, -0.05) is 40.9 Å². The molecule has 1 N–H and O–H groups in total. The molecule has 1 atom stereocenters. The number of halogens is 3. The van der Waals surface area contributed by atoms with E-state index in [1.807, 2.05) is 13.8 Å². The number of likely N-dealkylation sites (N-methyl/N-ethyl adjacent to an activating group) is 1. The van der Waals surface area contributed by atoms with E-state index in [0.29, 0.717) is 23.8 Å². The Hall–Kier alpha value is -1.32. The fourth-order valence-corrected chi connectivity index (χ4v) is 6.20. The van der Waals surface area contributed by atoms with E-state index in [0.717, 1.165) is 11.3 Å². The van der Waals surface area contributed by atoms with Crippen LogP contribution >= 0.6 is 46.1 Å². The van der Waals surface area contributed by atoms with Crippen LogP contribution in [0.3, 0.4) is 0 Å². The second kappa shape index (κ2) is 10.1. The third kappa shape index (κ3) is 5.86. The van der Waals surface area contributed by atoms with Crippen LogP contribution in [0.15, 0.2) is 30.2 Å². The van der Waals surface area contributed by atoms with E-state index in [1.165, 1.54) is 18.2 Å². The normalized spacial score (nSPS) is 12.4. The third-order valence-electron chi connectivity index (χ3n) is 4.11. The Balaban J connectivity index is 2.24. The topological polar surface area (TPSA) is 79.4 Å². The maximum absolute atomic E-state index is 12.9. The SMILES string of the molecule is C=CC(c1c(Cl)cc(Cl)cc1Cl)S(=O)(=O)Nc1nc(CC(=O)N(CC)CC)cs1. The molecule has 0 fully saturated rings. The summed E-state index contributed by atoms with van der Waals surface area (Å²) in [7, 11) is -4.00. The first-order valence-corrected chi connectivity index (χ1v) is 12.2. The van der Waals surface area contributed by atoms with Crippen molar-refractivity contribution in [2.75, 3.05) is 17.8 Å². The highest BCUT2D eigenvalue weighted by molar-refractivity contribution is 7.93. The Bertz CT molecular complexity index is 982. The molecular formula is C18H20Cl3N3O3S2. The Labute approximate surface area is 189 Å². The van der Waals surface area contributed by atoms with Crippen molar-refractivity contribution >= 4 is 67.2 Å². The number of aromatic nitrogens is 1. The standard InChI is InChI=1S/C18H20Cl3N3O3S2/c1-4-15(17-13(20)7-11(19)8-14(17)21)29(26,27)23-18-22-12(10-28-18)9-16(25)24(5-2)6-3/h4,7-8,10,15H,1,5-6,9H2,2-3H3,(H,22,23). The van der Waals surface area contributed by atoms with Crippen LogP contribution < -0.4 is 4.72 Å². The van der Waals surface area contributed by atoms with Crippen molar-refractivity contribution in [3.63, 3.8) is 0 Å². The molecule has 6 nitrogen and oxygen atoms in total. The van der Waals surface area contributed by atoms with E-state index < -0.39 is 15.3 Å². The van der Waals surface area contributed by atoms with Gasteiger partial charge in [-0.3, -0.25) is 9.52 Å². The first-order valence-electron chi connectivity index (χ1n) is 8.63. The molecule has 0 bridgehead atoms. The maximum Gasteiger partial charge on any atom is 0.245 e. The van der Waals surface area contributed by atoms with Crippen LogP contribution in [0.4, 0.5) is 5.13 Å². The first kappa shape index (κ1) is 24.0. The largest absolute Gasteiger partial charge is 0.343 e. The van der Waals surface area contributed by atoms with Crippen LogP contribution in [0.1, 0.15) is 30.4 Å². The van der Waals surface area contributed by atoms with E-state index in [2.05, 4.69) is 16.3 Å². The van der Waals surface area contributed by atoms with Crippen LogP contribution in [0.25, 0.3) is 0 Å². The average Bonchev–Trinajstić information content (AvgIpc) is 3.04. The highest BCUT2D eigenvalue weighted by atomic mass is 35.5. The zero-order valence-corrected chi connectivity index (χ0v) is 19.7. The summed E-state index contributed by atoms with van der Waals surface area (Å²) >= 11 is 19.3. The summed E-state index contributed by atoms with van der Waals surface area (Å²) in [6, 6.07) is 2.83. The van der Waals surface area contributed by atoms with Crippen molar-refractivity contribution in [2.24, 2.45) is 0 Å². The van der Waals surface area contributed by atoms with Gasteiger partial charge in [-0.15, -0.1) is 17.9 Å². The van der Waals surface area contributed by atoms with E-state index in [-0.39, 0.29) is 33.1 Å². The van der Waals surface area contributed by atoms with Crippen molar-refractivity contribution in [1.29, 1.82) is 0 Å². The number of hydrogen-bond donors (Lipinski definition) is 1. The Morgan fingerprint density at radius 2 is 1.86 bits per heavy atom. The van der Waals surface area contributed by atoms with Crippen LogP contribution in [-0.2, 0) is 21.2 Å². The number of nitrogens with zero attached hydrogens (tertiary/aromatic N) is 2. The number of nitrogens with one attached hydrogen (secondary N) is 1. The van der Waals surface area contributed by atoms with E-state index >= 15 is 0 Å². The molecule has 1 aromatic carbocycles. The molecule has 1 amide bonds. The summed E-state index contributed by atoms with van der Waals surface area (Å²) in [4.78, 5) is 18.1. The van der Waals surface area contributed by atoms with E-state index in [4.69, 9.17) is 34.8 Å². The molecule has 0 saturated heterocycles. The van der Waals surface area contributed by atoms with Crippen LogP contribution in [0.5, 0.6) is 0 Å². The molecule has 1 aromatic heterocycles. The van der Waals surface area contributed by atoms with Gasteiger partial charge < -0.3 is 4.90 Å². The number of sulfonamides is 1. The molecule has 158 valence electrons. The van der Waals surface area contributed by atoms with Gasteiger partial charge in [0.05, 0.1) is 12.1 Å². The first-order chi connectivity index (χ1) is 13.6. The van der Waals surface area contributed by atoms with E-state index in [1.54, 1.807) is 10.3 Å². The predicted octanol–water partition coefficient (Wildman–Crippen LogP) is 5.18. The molecule has 0 radical (unpaired) electrons. The van der Waals surface area contributed by atoms with E-state index in [9.17, 15) is 13.2 Å². The van der Waals surface area contributed by atoms with Gasteiger partial charge in [0, 0.05) is 39.1 Å². The molecule has 1 unspecified atom stereocenters. The fraction of sp³-hybridized carbons (Fsp3) is 0.333. The zero-order valence-electron chi connectivity index (χ0n) is 15.8. The summed E-state index contributed by atoms with van der Waals surface area (Å²) in [5.74, 6) is -0.0709. The molecule has 0 aliphatic heterocycles. The second-order valence-electron chi connectivity index (χ2n) is 5.97. The lowest BCUT2D eigenvalue weighted by atomic mass is 10.1. The summed E-state index contributed by atoms with van der Waals surface area (Å²) in [5.41, 5.74) is 0.663. The quantitative estimate of drug-likeness (QED) is 0.485. The monoisotopic (exact) mass is 495 g/mol. The number of amides is 1. The second-order valence-corrected chi connectivity index (χ2v) is 9.88. The van der Waals surface area contributed by atoms with Gasteiger partial charge in [-0.25, -0.2) is 13.4 Å². The summed E-state index contributed by atoms with van der Waals surface area (Å²) in [6.45, 7) is 8.58. The zero-order chi connectivity index (χ0) is 21.8. The lowest BCUT2D eigenvalue weighted by Crippen LogP contribution is -2.31. The summed E-state index contributed by atoms with van der Waals surface area (Å²) < 4.78 is 28.2. The molecule has 2 rings (SSSR count). The van der Waals surface area contributed by atoms with Crippen molar-refractivity contribution in [1.82, 2.24) is 9.88 Å². The van der Waals surface area contributed by atoms with Crippen LogP contribution in [0, 0.1) is 0 Å². The van der Waals surface area contributed by atoms with Gasteiger partial charge in [-0.05, 0) is 26.0 Å². The molecule has 0 spiro atoms. The molecule has 1 heterocycles. The maximum atomic E-state index is 12.9. The van der Waals surface area contributed by atoms with Gasteiger partial charge in [0.1, 0.15) is 5.25 Å². The average molecular weight is 497 g/mol. The lowest BCUT2D eigenvalue weighted by Gasteiger charge is -2.18. The number of hydrogen-bond acceptors (Lipinski definition) is 5. The minimum atomic E-state index is -4.00. The number of benzene rings is 1. The minimum absolute atomic E-state index is 0.0709. The Morgan fingerprint density at radius 3 is 2.38 bits per heavy atom. The lowest BCUT2D eigenvalue weighted by molar-refractivity contribution is -0.130. The predicted molar refractivity (Wildman–Crippen MR) is 121 cm³/mol. The molecule has 0 aliphatic rings. The Morgan fingerprint density at radius 1 is 1.28 bits per heavy atom. The molecular weight excluding hydrogens is 477 g/mol. The summed E-state index contributed by atoms with van der Waals surface area (Å²) in [6.07, 6.45) is 1.32. The number of rotatable bonds is 9. The van der Waals surface area contributed by atoms with Crippen molar-refractivity contribution in [3.8, 4) is 0 Å². The minimum Gasteiger partial charge on any atom is -0.343 e. The third-order valence-corrected chi connectivity index (χ3v) is 7.46. The molecule has 2 aromatic rings. The van der Waals surface area contributed by atoms with Crippen molar-refractivity contribution < 1.29 is 13.2 Å².